The van der Waals surface area contributed by atoms with Crippen molar-refractivity contribution in [2.75, 3.05) is 45.9 Å². The van der Waals surface area contributed by atoms with Crippen LogP contribution in [-0.2, 0) is 111 Å². The van der Waals surface area contributed by atoms with Crippen molar-refractivity contribution in [2.24, 2.45) is 37.9 Å². The van der Waals surface area contributed by atoms with Crippen molar-refractivity contribution in [3.8, 4) is 0 Å². The van der Waals surface area contributed by atoms with Crippen LogP contribution in [0.1, 0.15) is 151 Å². The predicted octanol–water partition coefficient (Wildman–Crippen LogP) is 14.4. The number of ketones is 3. The summed E-state index contributed by atoms with van der Waals surface area (Å²) >= 11 is 0. The van der Waals surface area contributed by atoms with Crippen LogP contribution in [0.2, 0.25) is 128 Å². The van der Waals surface area contributed by atoms with E-state index in [0.717, 1.165) is 35.8 Å². The molecule has 632 valence electrons. The van der Waals surface area contributed by atoms with E-state index in [-0.39, 0.29) is 101 Å². The molecule has 0 amide bonds. The van der Waals surface area contributed by atoms with E-state index in [1.54, 1.807) is 46.1 Å². The highest BCUT2D eigenvalue weighted by Gasteiger charge is 2.54. The minimum Gasteiger partial charge on any atom is -0.481 e. The third-order valence-corrected chi connectivity index (χ3v) is 33.6. The average molecular weight is 1720 g/mol. The van der Waals surface area contributed by atoms with E-state index >= 15 is 0 Å². The van der Waals surface area contributed by atoms with Crippen LogP contribution in [0.15, 0.2) is 29.2 Å². The summed E-state index contributed by atoms with van der Waals surface area (Å²) in [5, 5.41) is 17.2. The second-order valence-electron chi connectivity index (χ2n) is 39.4. The highest BCUT2D eigenvalue weighted by Crippen LogP contribution is 2.48. The van der Waals surface area contributed by atoms with Crippen molar-refractivity contribution < 1.29 is 112 Å². The zero-order chi connectivity index (χ0) is 85.3. The van der Waals surface area contributed by atoms with Crippen molar-refractivity contribution in [1.82, 2.24) is 0 Å². The van der Waals surface area contributed by atoms with Crippen LogP contribution < -0.4 is 0 Å². The molecule has 0 aromatic heterocycles. The molecule has 0 heterocycles. The van der Waals surface area contributed by atoms with E-state index in [2.05, 4.69) is 98.2 Å². The molecule has 1 aromatic rings. The lowest BCUT2D eigenvalue weighted by Crippen LogP contribution is -2.48. The van der Waals surface area contributed by atoms with Crippen molar-refractivity contribution in [3.05, 3.63) is 29.8 Å². The van der Waals surface area contributed by atoms with Crippen LogP contribution in [0, 0.1) is 44.8 Å². The molecule has 0 saturated heterocycles. The van der Waals surface area contributed by atoms with Gasteiger partial charge in [-0.2, -0.15) is 8.42 Å². The van der Waals surface area contributed by atoms with Gasteiger partial charge in [-0.25, -0.2) is 8.42 Å². The summed E-state index contributed by atoms with van der Waals surface area (Å²) < 4.78 is 94.5. The van der Waals surface area contributed by atoms with Gasteiger partial charge in [0.2, 0.25) is 9.05 Å². The molecular weight excluding hydrogens is 1580 g/mol. The Morgan fingerprint density at radius 1 is 0.445 bits per heavy atom. The summed E-state index contributed by atoms with van der Waals surface area (Å²) in [5.74, 6) is -1.69. The summed E-state index contributed by atoms with van der Waals surface area (Å²) in [7, 11) is -8.73. The fraction of sp³-hybridized carbons (Fsp3) is 0.792. The SMILES string of the molecule is CC1(C(=O)O)CC(=O)C1.CC1(C(=O)OCC[Si](C)(C)C)CC(=O)C1.CC1(C(=O)OCC[Si](C)(C)C)CC(O)C1.CC1(C(=O)OCC[Si](C)(C)C)CC(S(=O)(=O)Cl)C1.CCOC(=O)C1(C)CC(=O)C1.CS(=O)C1CC(C)(C(=O)OCC[Si](C)(C)C)C1.Cc1ccc(S(=O)(=O)OC2CC(C)(C(=O)OCC[Si](C)(C)C)C2)cc1. The molecule has 8 rings (SSSR count). The number of aliphatic hydroxyl groups is 1. The lowest BCUT2D eigenvalue weighted by Gasteiger charge is -2.41. The fourth-order valence-corrected chi connectivity index (χ4v) is 19.6. The first-order valence-electron chi connectivity index (χ1n) is 38.3. The third-order valence-electron chi connectivity index (χ3n) is 20.6. The number of benzene rings is 1. The molecule has 2 N–H and O–H groups in total. The summed E-state index contributed by atoms with van der Waals surface area (Å²) in [5.41, 5.74) is -2.90. The van der Waals surface area contributed by atoms with Crippen molar-refractivity contribution in [1.29, 1.82) is 0 Å². The van der Waals surface area contributed by atoms with Crippen LogP contribution in [0.4, 0.5) is 0 Å². The summed E-state index contributed by atoms with van der Waals surface area (Å²) in [6.45, 7) is 52.7. The maximum absolute atomic E-state index is 12.3. The topological polar surface area (TPSA) is 361 Å². The highest BCUT2D eigenvalue weighted by atomic mass is 35.7. The van der Waals surface area contributed by atoms with Crippen LogP contribution >= 0.6 is 10.7 Å². The zero-order valence-corrected chi connectivity index (χ0v) is 79.0. The van der Waals surface area contributed by atoms with Gasteiger partial charge in [0.15, 0.2) is 0 Å². The van der Waals surface area contributed by atoms with E-state index < -0.39 is 120 Å². The Labute approximate surface area is 669 Å². The quantitative estimate of drug-likeness (QED) is 0.0259. The van der Waals surface area contributed by atoms with Crippen molar-refractivity contribution >= 4 is 140 Å². The van der Waals surface area contributed by atoms with Gasteiger partial charge in [-0.3, -0.25) is 56.3 Å². The number of aliphatic carboxylic acids is 1. The third kappa shape index (κ3) is 35.1. The van der Waals surface area contributed by atoms with Gasteiger partial charge in [0.1, 0.15) is 17.3 Å². The first-order valence-corrected chi connectivity index (χ1v) is 62.3. The number of rotatable bonds is 28. The number of carbonyl (C=O) groups is 10. The molecule has 24 nitrogen and oxygen atoms in total. The summed E-state index contributed by atoms with van der Waals surface area (Å²) in [6.07, 6.45) is 6.57. The van der Waals surface area contributed by atoms with E-state index in [9.17, 15) is 74.1 Å². The van der Waals surface area contributed by atoms with Crippen molar-refractivity contribution in [3.63, 3.8) is 0 Å². The minimum absolute atomic E-state index is 0.0555. The monoisotopic (exact) mass is 1710 g/mol. The highest BCUT2D eigenvalue weighted by molar-refractivity contribution is 8.14. The Bertz CT molecular complexity index is 3580. The molecule has 7 aliphatic carbocycles. The number of aliphatic hydroxyl groups excluding tert-OH is 1. The molecule has 0 spiro atoms. The molecule has 1 unspecified atom stereocenters. The fourth-order valence-electron chi connectivity index (χ4n) is 12.2. The number of hydrogen-bond donors (Lipinski definition) is 2. The van der Waals surface area contributed by atoms with Gasteiger partial charge in [-0.15, -0.1) is 0 Å². The Hall–Kier alpha value is -4.14. The van der Waals surface area contributed by atoms with Gasteiger partial charge in [0, 0.05) is 112 Å². The second-order valence-corrected chi connectivity index (χ2v) is 73.6. The van der Waals surface area contributed by atoms with Crippen LogP contribution in [-0.4, -0.2) is 199 Å². The number of Topliss-reactive ketones (excluding diaryl/α,β-unsaturated/α-hetero) is 3. The Morgan fingerprint density at radius 2 is 0.709 bits per heavy atom. The van der Waals surface area contributed by atoms with Crippen LogP contribution in [0.3, 0.4) is 0 Å². The molecule has 0 bridgehead atoms. The maximum Gasteiger partial charge on any atom is 0.312 e. The van der Waals surface area contributed by atoms with E-state index in [1.807, 2.05) is 34.6 Å². The molecule has 7 saturated carbocycles. The number of carboxylic acids is 1. The van der Waals surface area contributed by atoms with Crippen LogP contribution in [0.5, 0.6) is 0 Å². The smallest absolute Gasteiger partial charge is 0.312 e. The van der Waals surface area contributed by atoms with Crippen molar-refractivity contribution in [2.45, 2.75) is 308 Å². The molecule has 7 aliphatic rings. The molecule has 1 atom stereocenters. The first-order chi connectivity index (χ1) is 49.6. The van der Waals surface area contributed by atoms with Gasteiger partial charge in [0.25, 0.3) is 10.1 Å². The van der Waals surface area contributed by atoms with Gasteiger partial charge < -0.3 is 38.6 Å². The molecule has 7 fully saturated rings. The molecule has 33 heteroatoms. The number of hydrogen-bond acceptors (Lipinski definition) is 23. The lowest BCUT2D eigenvalue weighted by molar-refractivity contribution is -0.167. The molecule has 0 aliphatic heterocycles. The number of halogens is 1. The van der Waals surface area contributed by atoms with E-state index in [1.165, 1.54) is 12.1 Å². The van der Waals surface area contributed by atoms with E-state index in [0.29, 0.717) is 104 Å². The second kappa shape index (κ2) is 40.6. The first kappa shape index (κ1) is 102. The molecule has 110 heavy (non-hydrogen) atoms. The number of esters is 6. The largest absolute Gasteiger partial charge is 0.481 e. The Morgan fingerprint density at radius 3 is 0.955 bits per heavy atom. The number of aryl methyl sites for hydroxylation is 1. The molecule has 1 aromatic carbocycles. The Kier molecular flexibility index (Phi) is 37.7. The summed E-state index contributed by atoms with van der Waals surface area (Å²) in [6, 6.07) is 11.4. The van der Waals surface area contributed by atoms with E-state index in [4.69, 9.17) is 48.4 Å². The van der Waals surface area contributed by atoms with Gasteiger partial charge >= 0.3 is 41.8 Å². The average Bonchev–Trinajstić information content (AvgIpc) is 0.788. The molecular formula is C77H135ClO24S3Si5. The van der Waals surface area contributed by atoms with Gasteiger partial charge in [0.05, 0.1) is 99.9 Å². The zero-order valence-electron chi connectivity index (χ0n) is 70.8. The Balaban J connectivity index is 0.000000444. The molecule has 0 radical (unpaired) electrons. The standard InChI is InChI=1S/C18H28O5SSi.C12H24O3SSi.C11H21ClO4SSi.C11H22O3Si.C11H20O3Si.C8H12O3.C6H8O3/c1-14-6-8-16(9-7-14)24(20,21)23-15-12-18(2,13-15)17(19)22-10-11-25(3,4)5;1-12(8-10(9-12)16(2)14)11(13)15-6-7-17(3,4)5;1-11(7-9(8-11)17(12,14)15)10(13)16-5-6-18(2,3)4;2*1-11(7-9(12)8-11)10(13)14-5-6-15(2,3)4;1-3-11-7(10)8(2)4-6(9)5-8;1-6(5(8)9)2-4(7)3-6/h6-9,15H,10-13H2,1-5H3;10H,6-9H2,1-5H3;9H,5-8H2,1-4H3;9,12H,5-8H2,1-4H3;5-8H2,1-4H3;3-5H2,1-2H3;2-3H2,1H3,(H,8,9). The number of carboxylic acid groups (broad SMARTS) is 1. The normalized spacial score (nSPS) is 25.6. The lowest BCUT2D eigenvalue weighted by atomic mass is 9.68. The number of ether oxygens (including phenoxy) is 6. The maximum atomic E-state index is 12.3. The van der Waals surface area contributed by atoms with Gasteiger partial charge in [-0.1, -0.05) is 116 Å². The van der Waals surface area contributed by atoms with Crippen LogP contribution in [0.25, 0.3) is 0 Å². The summed E-state index contributed by atoms with van der Waals surface area (Å²) in [4.78, 5) is 113. The predicted molar refractivity (Wildman–Crippen MR) is 442 cm³/mol. The van der Waals surface area contributed by atoms with Gasteiger partial charge in [-0.05, 0) is 156 Å². The number of carbonyl (C=O) groups excluding carboxylic acids is 9. The minimum atomic E-state index is -3.80.